The van der Waals surface area contributed by atoms with Crippen LogP contribution in [0.2, 0.25) is 0 Å². The van der Waals surface area contributed by atoms with Gasteiger partial charge in [0.2, 0.25) is 0 Å². The highest BCUT2D eigenvalue weighted by Crippen LogP contribution is 2.24. The molecule has 1 aromatic heterocycles. The number of carbonyl (C=O) groups is 1. The number of rotatable bonds is 5. The van der Waals surface area contributed by atoms with Gasteiger partial charge in [-0.15, -0.1) is 6.58 Å². The number of non-ortho nitro benzene ring substituents is 2. The van der Waals surface area contributed by atoms with Gasteiger partial charge in [0.1, 0.15) is 5.82 Å². The molecule has 0 saturated heterocycles. The molecule has 0 radical (unpaired) electrons. The Morgan fingerprint density at radius 1 is 1.14 bits per heavy atom. The van der Waals surface area contributed by atoms with Gasteiger partial charge in [-0.1, -0.05) is 17.4 Å². The Balaban J connectivity index is 2.21. The Hall–Kier alpha value is -3.80. The zero-order chi connectivity index (χ0) is 21.3. The summed E-state index contributed by atoms with van der Waals surface area (Å²) in [5, 5.41) is 22.0. The number of allylic oxidation sites excluding steroid dienone is 1. The zero-order valence-electron chi connectivity index (χ0n) is 14.4. The van der Waals surface area contributed by atoms with Crippen LogP contribution in [0, 0.1) is 31.9 Å². The highest BCUT2D eigenvalue weighted by atomic mass is 32.1. The monoisotopic (exact) mass is 420 g/mol. The normalized spacial score (nSPS) is 11.6. The van der Waals surface area contributed by atoms with Gasteiger partial charge in [0.15, 0.2) is 10.6 Å². The minimum absolute atomic E-state index is 0.00729. The second-order valence-corrected chi connectivity index (χ2v) is 6.70. The molecule has 0 N–H and O–H groups in total. The number of hydrogen-bond donors (Lipinski definition) is 0. The van der Waals surface area contributed by atoms with E-state index >= 15 is 0 Å². The lowest BCUT2D eigenvalue weighted by Gasteiger charge is -2.02. The minimum atomic E-state index is -1.01. The van der Waals surface area contributed by atoms with E-state index in [4.69, 9.17) is 0 Å². The van der Waals surface area contributed by atoms with E-state index in [9.17, 15) is 33.8 Å². The number of nitrogens with zero attached hydrogens (tertiary/aromatic N) is 4. The molecular formula is C17H10F2N4O5S. The molecule has 148 valence electrons. The van der Waals surface area contributed by atoms with Crippen LogP contribution >= 0.6 is 11.3 Å². The highest BCUT2D eigenvalue weighted by Gasteiger charge is 2.20. The van der Waals surface area contributed by atoms with E-state index in [2.05, 4.69) is 11.6 Å². The van der Waals surface area contributed by atoms with E-state index < -0.39 is 38.8 Å². The van der Waals surface area contributed by atoms with Crippen LogP contribution in [-0.2, 0) is 6.54 Å². The van der Waals surface area contributed by atoms with Crippen molar-refractivity contribution in [3.63, 3.8) is 0 Å². The zero-order valence-corrected chi connectivity index (χ0v) is 15.2. The van der Waals surface area contributed by atoms with Gasteiger partial charge in [-0.3, -0.25) is 25.0 Å². The summed E-state index contributed by atoms with van der Waals surface area (Å²) in [6.07, 6.45) is 1.41. The van der Waals surface area contributed by atoms with Gasteiger partial charge in [-0.2, -0.15) is 4.99 Å². The van der Waals surface area contributed by atoms with E-state index in [-0.39, 0.29) is 27.1 Å². The van der Waals surface area contributed by atoms with Crippen LogP contribution in [0.5, 0.6) is 0 Å². The van der Waals surface area contributed by atoms with Crippen LogP contribution in [0.3, 0.4) is 0 Å². The molecule has 0 bridgehead atoms. The van der Waals surface area contributed by atoms with E-state index in [0.717, 1.165) is 29.5 Å². The van der Waals surface area contributed by atoms with Gasteiger partial charge in [-0.05, 0) is 6.07 Å². The fourth-order valence-corrected chi connectivity index (χ4v) is 3.67. The Kier molecular flexibility index (Phi) is 5.28. The smallest absolute Gasteiger partial charge is 0.280 e. The van der Waals surface area contributed by atoms with Gasteiger partial charge < -0.3 is 4.57 Å². The summed E-state index contributed by atoms with van der Waals surface area (Å²) in [5.74, 6) is -2.69. The maximum Gasteiger partial charge on any atom is 0.280 e. The fourth-order valence-electron chi connectivity index (χ4n) is 2.59. The summed E-state index contributed by atoms with van der Waals surface area (Å²) in [7, 11) is 0. The maximum absolute atomic E-state index is 14.2. The first-order valence-corrected chi connectivity index (χ1v) is 8.65. The molecule has 0 fully saturated rings. The molecule has 1 heterocycles. The molecule has 3 aromatic rings. The second-order valence-electron chi connectivity index (χ2n) is 5.69. The molecule has 0 saturated carbocycles. The van der Waals surface area contributed by atoms with Crippen LogP contribution in [0.1, 0.15) is 10.4 Å². The first kappa shape index (κ1) is 19.9. The molecule has 0 aliphatic rings. The molecular weight excluding hydrogens is 410 g/mol. The number of hydrogen-bond acceptors (Lipinski definition) is 6. The Morgan fingerprint density at radius 3 is 2.31 bits per heavy atom. The van der Waals surface area contributed by atoms with Gasteiger partial charge >= 0.3 is 0 Å². The molecule has 2 aromatic carbocycles. The van der Waals surface area contributed by atoms with Crippen LogP contribution in [-0.4, -0.2) is 20.3 Å². The summed E-state index contributed by atoms with van der Waals surface area (Å²) >= 11 is 0.816. The van der Waals surface area contributed by atoms with Crippen LogP contribution in [0.25, 0.3) is 10.2 Å². The minimum Gasteiger partial charge on any atom is -0.310 e. The van der Waals surface area contributed by atoms with Gasteiger partial charge in [0.25, 0.3) is 17.3 Å². The standard InChI is InChI=1S/C17H10F2N4O5S/c1-2-3-21-15-13(19)6-10(18)7-14(15)29-17(21)20-16(24)9-4-11(22(25)26)8-12(5-9)23(27)28/h2,4-8H,1,3H2. The number of halogens is 2. The molecule has 0 atom stereocenters. The average molecular weight is 420 g/mol. The number of nitro groups is 2. The topological polar surface area (TPSA) is 121 Å². The number of nitro benzene ring substituents is 2. The molecule has 0 spiro atoms. The molecule has 0 aliphatic carbocycles. The van der Waals surface area contributed by atoms with Crippen LogP contribution in [0.15, 0.2) is 48.0 Å². The number of benzene rings is 2. The summed E-state index contributed by atoms with van der Waals surface area (Å²) < 4.78 is 29.2. The average Bonchev–Trinajstić information content (AvgIpc) is 2.98. The van der Waals surface area contributed by atoms with Crippen molar-refractivity contribution in [2.24, 2.45) is 4.99 Å². The predicted molar refractivity (Wildman–Crippen MR) is 99.6 cm³/mol. The number of carbonyl (C=O) groups excluding carboxylic acids is 1. The lowest BCUT2D eigenvalue weighted by atomic mass is 10.1. The number of fused-ring (bicyclic) bond motifs is 1. The van der Waals surface area contributed by atoms with Crippen molar-refractivity contribution in [1.29, 1.82) is 0 Å². The van der Waals surface area contributed by atoms with Crippen molar-refractivity contribution in [1.82, 2.24) is 4.57 Å². The summed E-state index contributed by atoms with van der Waals surface area (Å²) in [4.78, 5) is 36.5. The number of thiazole rings is 1. The lowest BCUT2D eigenvalue weighted by molar-refractivity contribution is -0.394. The summed E-state index contributed by atoms with van der Waals surface area (Å²) in [6, 6.07) is 4.18. The van der Waals surface area contributed by atoms with Crippen molar-refractivity contribution in [3.05, 3.63) is 85.2 Å². The first-order chi connectivity index (χ1) is 13.7. The van der Waals surface area contributed by atoms with E-state index in [1.54, 1.807) is 0 Å². The predicted octanol–water partition coefficient (Wildman–Crippen LogP) is 3.72. The number of amides is 1. The maximum atomic E-state index is 14.2. The molecule has 3 rings (SSSR count). The van der Waals surface area contributed by atoms with Gasteiger partial charge in [0.05, 0.1) is 31.7 Å². The molecule has 1 amide bonds. The fraction of sp³-hybridized carbons (Fsp3) is 0.0588. The Morgan fingerprint density at radius 2 is 1.76 bits per heavy atom. The van der Waals surface area contributed by atoms with E-state index in [0.29, 0.717) is 12.1 Å². The third kappa shape index (κ3) is 3.91. The third-order valence-corrected chi connectivity index (χ3v) is 4.80. The highest BCUT2D eigenvalue weighted by molar-refractivity contribution is 7.16. The second kappa shape index (κ2) is 7.67. The van der Waals surface area contributed by atoms with Crippen molar-refractivity contribution in [2.45, 2.75) is 6.54 Å². The summed E-state index contributed by atoms with van der Waals surface area (Å²) in [6.45, 7) is 3.59. The van der Waals surface area contributed by atoms with Crippen molar-refractivity contribution >= 4 is 38.8 Å². The van der Waals surface area contributed by atoms with Gasteiger partial charge in [-0.25, -0.2) is 8.78 Å². The van der Waals surface area contributed by atoms with Crippen molar-refractivity contribution < 1.29 is 23.4 Å². The third-order valence-electron chi connectivity index (χ3n) is 3.78. The lowest BCUT2D eigenvalue weighted by Crippen LogP contribution is -2.17. The first-order valence-electron chi connectivity index (χ1n) is 7.83. The van der Waals surface area contributed by atoms with E-state index in [1.165, 1.54) is 10.6 Å². The Bertz CT molecular complexity index is 1230. The van der Waals surface area contributed by atoms with Crippen LogP contribution in [0.4, 0.5) is 20.2 Å². The summed E-state index contributed by atoms with van der Waals surface area (Å²) in [5.41, 5.74) is -1.68. The SMILES string of the molecule is C=CCn1c(=NC(=O)c2cc([N+](=O)[O-])cc([N+](=O)[O-])c2)sc2cc(F)cc(F)c21. The van der Waals surface area contributed by atoms with Gasteiger partial charge in [0, 0.05) is 24.7 Å². The molecule has 0 aliphatic heterocycles. The molecule has 12 heteroatoms. The van der Waals surface area contributed by atoms with Crippen molar-refractivity contribution in [3.8, 4) is 0 Å². The molecule has 9 nitrogen and oxygen atoms in total. The molecule has 29 heavy (non-hydrogen) atoms. The Labute approximate surface area is 164 Å². The largest absolute Gasteiger partial charge is 0.310 e. The van der Waals surface area contributed by atoms with E-state index in [1.807, 2.05) is 0 Å². The van der Waals surface area contributed by atoms with Crippen molar-refractivity contribution in [2.75, 3.05) is 0 Å². The quantitative estimate of drug-likeness (QED) is 0.354. The number of aromatic nitrogens is 1. The molecule has 0 unspecified atom stereocenters. The van der Waals surface area contributed by atoms with Crippen LogP contribution < -0.4 is 4.80 Å².